The summed E-state index contributed by atoms with van der Waals surface area (Å²) < 4.78 is 0.650. The molecule has 0 radical (unpaired) electrons. The number of urea groups is 1. The first kappa shape index (κ1) is 15.8. The lowest BCUT2D eigenvalue weighted by Gasteiger charge is -2.41. The van der Waals surface area contributed by atoms with Gasteiger partial charge in [-0.1, -0.05) is 13.3 Å². The third-order valence-corrected chi connectivity index (χ3v) is 4.94. The fourth-order valence-corrected chi connectivity index (χ4v) is 2.87. The first-order valence-corrected chi connectivity index (χ1v) is 7.83. The molecule has 1 fully saturated rings. The number of carboxylic acid groups (broad SMARTS) is 1. The maximum absolute atomic E-state index is 12.0. The summed E-state index contributed by atoms with van der Waals surface area (Å²) in [4.78, 5) is 22.9. The van der Waals surface area contributed by atoms with Crippen molar-refractivity contribution in [2.45, 2.75) is 32.6 Å². The van der Waals surface area contributed by atoms with Gasteiger partial charge in [-0.05, 0) is 58.8 Å². The summed E-state index contributed by atoms with van der Waals surface area (Å²) in [6, 6.07) is 4.22. The normalized spacial score (nSPS) is 15.9. The summed E-state index contributed by atoms with van der Waals surface area (Å²) in [6.45, 7) is 2.80. The Bertz CT molecular complexity index is 550. The van der Waals surface area contributed by atoms with Crippen molar-refractivity contribution in [2.75, 3.05) is 11.9 Å². The van der Waals surface area contributed by atoms with Gasteiger partial charge in [-0.25, -0.2) is 9.59 Å². The molecule has 0 atom stereocenters. The Morgan fingerprint density at radius 3 is 2.62 bits per heavy atom. The van der Waals surface area contributed by atoms with Crippen molar-refractivity contribution >= 4 is 33.6 Å². The van der Waals surface area contributed by atoms with Crippen LogP contribution in [0.3, 0.4) is 0 Å². The highest BCUT2D eigenvalue weighted by Crippen LogP contribution is 2.43. The molecule has 2 amide bonds. The molecule has 2 rings (SSSR count). The second-order valence-electron chi connectivity index (χ2n) is 5.51. The lowest BCUT2D eigenvalue weighted by molar-refractivity contribution is 0.0697. The number of halogens is 1. The summed E-state index contributed by atoms with van der Waals surface area (Å²) in [5.74, 6) is -1.02. The van der Waals surface area contributed by atoms with Crippen molar-refractivity contribution in [3.05, 3.63) is 28.2 Å². The number of anilines is 1. The summed E-state index contributed by atoms with van der Waals surface area (Å²) in [6.07, 6.45) is 4.60. The molecule has 0 spiro atoms. The van der Waals surface area contributed by atoms with E-state index in [1.165, 1.54) is 18.6 Å². The Kier molecular flexibility index (Phi) is 4.88. The standard InChI is InChI=1S/C15H19BrN2O3/c1-2-15(6-3-7-15)9-17-14(21)18-12-8-10(13(19)20)4-5-11(12)16/h4-5,8H,2-3,6-7,9H2,1H3,(H,19,20)(H2,17,18,21). The quantitative estimate of drug-likeness (QED) is 0.751. The number of amides is 2. The molecule has 6 heteroatoms. The molecule has 5 nitrogen and oxygen atoms in total. The van der Waals surface area contributed by atoms with Crippen LogP contribution in [0.15, 0.2) is 22.7 Å². The SMILES string of the molecule is CCC1(CNC(=O)Nc2cc(C(=O)O)ccc2Br)CCC1. The van der Waals surface area contributed by atoms with Gasteiger partial charge in [0.05, 0.1) is 11.3 Å². The van der Waals surface area contributed by atoms with Crippen LogP contribution in [0, 0.1) is 5.41 Å². The molecule has 0 unspecified atom stereocenters. The number of aromatic carboxylic acids is 1. The van der Waals surface area contributed by atoms with E-state index in [-0.39, 0.29) is 17.0 Å². The van der Waals surface area contributed by atoms with Crippen molar-refractivity contribution in [2.24, 2.45) is 5.41 Å². The molecular weight excluding hydrogens is 336 g/mol. The first-order valence-electron chi connectivity index (χ1n) is 7.03. The number of carbonyl (C=O) groups excluding carboxylic acids is 1. The lowest BCUT2D eigenvalue weighted by atomic mass is 9.67. The molecule has 114 valence electrons. The summed E-state index contributed by atoms with van der Waals surface area (Å²) in [7, 11) is 0. The minimum Gasteiger partial charge on any atom is -0.478 e. The monoisotopic (exact) mass is 354 g/mol. The summed E-state index contributed by atoms with van der Waals surface area (Å²) in [5, 5.41) is 14.5. The van der Waals surface area contributed by atoms with Gasteiger partial charge in [0.15, 0.2) is 0 Å². The predicted molar refractivity (Wildman–Crippen MR) is 84.7 cm³/mol. The Hall–Kier alpha value is -1.56. The van der Waals surface area contributed by atoms with E-state index >= 15 is 0 Å². The van der Waals surface area contributed by atoms with Gasteiger partial charge in [-0.2, -0.15) is 0 Å². The molecule has 1 aliphatic rings. The number of carboxylic acids is 1. The number of carbonyl (C=O) groups is 2. The van der Waals surface area contributed by atoms with Crippen molar-refractivity contribution in [1.29, 1.82) is 0 Å². The van der Waals surface area contributed by atoms with Gasteiger partial charge < -0.3 is 15.7 Å². The third kappa shape index (κ3) is 3.75. The van der Waals surface area contributed by atoms with E-state index in [0.29, 0.717) is 16.7 Å². The van der Waals surface area contributed by atoms with E-state index < -0.39 is 5.97 Å². The Balaban J connectivity index is 1.96. The van der Waals surface area contributed by atoms with Gasteiger partial charge in [-0.3, -0.25) is 0 Å². The average molecular weight is 355 g/mol. The summed E-state index contributed by atoms with van der Waals surface area (Å²) in [5.41, 5.74) is 0.835. The van der Waals surface area contributed by atoms with Gasteiger partial charge >= 0.3 is 12.0 Å². The van der Waals surface area contributed by atoms with Crippen LogP contribution < -0.4 is 10.6 Å². The fraction of sp³-hybridized carbons (Fsp3) is 0.467. The maximum Gasteiger partial charge on any atom is 0.335 e. The highest BCUT2D eigenvalue weighted by atomic mass is 79.9. The van der Waals surface area contributed by atoms with Crippen molar-refractivity contribution in [1.82, 2.24) is 5.32 Å². The van der Waals surface area contributed by atoms with Gasteiger partial charge in [0, 0.05) is 11.0 Å². The second-order valence-corrected chi connectivity index (χ2v) is 6.37. The van der Waals surface area contributed by atoms with Gasteiger partial charge in [-0.15, -0.1) is 0 Å². The zero-order chi connectivity index (χ0) is 15.5. The minimum absolute atomic E-state index is 0.137. The van der Waals surface area contributed by atoms with Gasteiger partial charge in [0.25, 0.3) is 0 Å². The van der Waals surface area contributed by atoms with Crippen LogP contribution in [0.25, 0.3) is 0 Å². The molecule has 1 aromatic carbocycles. The van der Waals surface area contributed by atoms with Crippen LogP contribution in [0.5, 0.6) is 0 Å². The molecule has 0 bridgehead atoms. The minimum atomic E-state index is -1.02. The number of rotatable bonds is 5. The van der Waals surface area contributed by atoms with E-state index in [9.17, 15) is 9.59 Å². The molecule has 1 saturated carbocycles. The first-order chi connectivity index (χ1) is 9.96. The molecule has 0 aliphatic heterocycles. The number of hydrogen-bond donors (Lipinski definition) is 3. The van der Waals surface area contributed by atoms with Crippen LogP contribution in [0.4, 0.5) is 10.5 Å². The Labute approximate surface area is 132 Å². The fourth-order valence-electron chi connectivity index (χ4n) is 2.52. The second kappa shape index (κ2) is 6.47. The highest BCUT2D eigenvalue weighted by Gasteiger charge is 2.35. The molecule has 0 aromatic heterocycles. The van der Waals surface area contributed by atoms with Crippen LogP contribution in [-0.4, -0.2) is 23.7 Å². The lowest BCUT2D eigenvalue weighted by Crippen LogP contribution is -2.43. The zero-order valence-corrected chi connectivity index (χ0v) is 13.5. The van der Waals surface area contributed by atoms with Crippen molar-refractivity contribution in [3.8, 4) is 0 Å². The van der Waals surface area contributed by atoms with Crippen molar-refractivity contribution < 1.29 is 14.7 Å². The van der Waals surface area contributed by atoms with Crippen LogP contribution in [0.1, 0.15) is 43.0 Å². The maximum atomic E-state index is 12.0. The number of benzene rings is 1. The number of hydrogen-bond acceptors (Lipinski definition) is 2. The summed E-state index contributed by atoms with van der Waals surface area (Å²) >= 11 is 3.30. The topological polar surface area (TPSA) is 78.4 Å². The molecule has 0 saturated heterocycles. The van der Waals surface area contributed by atoms with E-state index in [0.717, 1.165) is 19.3 Å². The van der Waals surface area contributed by atoms with Crippen LogP contribution in [0.2, 0.25) is 0 Å². The van der Waals surface area contributed by atoms with Crippen LogP contribution >= 0.6 is 15.9 Å². The molecular formula is C15H19BrN2O3. The number of nitrogens with one attached hydrogen (secondary N) is 2. The Morgan fingerprint density at radius 1 is 1.38 bits per heavy atom. The highest BCUT2D eigenvalue weighted by molar-refractivity contribution is 9.10. The molecule has 21 heavy (non-hydrogen) atoms. The van der Waals surface area contributed by atoms with E-state index in [2.05, 4.69) is 33.5 Å². The molecule has 1 aromatic rings. The Morgan fingerprint density at radius 2 is 2.10 bits per heavy atom. The largest absolute Gasteiger partial charge is 0.478 e. The van der Waals surface area contributed by atoms with E-state index in [4.69, 9.17) is 5.11 Å². The van der Waals surface area contributed by atoms with Gasteiger partial charge in [0.1, 0.15) is 0 Å². The third-order valence-electron chi connectivity index (χ3n) is 4.25. The molecule has 3 N–H and O–H groups in total. The molecule has 1 aliphatic carbocycles. The van der Waals surface area contributed by atoms with E-state index in [1.807, 2.05) is 0 Å². The predicted octanol–water partition coefficient (Wildman–Crippen LogP) is 3.85. The molecule has 0 heterocycles. The average Bonchev–Trinajstić information content (AvgIpc) is 2.40. The van der Waals surface area contributed by atoms with E-state index in [1.54, 1.807) is 6.07 Å². The van der Waals surface area contributed by atoms with Gasteiger partial charge in [0.2, 0.25) is 0 Å². The zero-order valence-electron chi connectivity index (χ0n) is 11.9. The van der Waals surface area contributed by atoms with Crippen LogP contribution in [-0.2, 0) is 0 Å². The van der Waals surface area contributed by atoms with Crippen molar-refractivity contribution in [3.63, 3.8) is 0 Å². The smallest absolute Gasteiger partial charge is 0.335 e.